The van der Waals surface area contributed by atoms with Crippen LogP contribution in [0.3, 0.4) is 0 Å². The fourth-order valence-electron chi connectivity index (χ4n) is 1.71. The Morgan fingerprint density at radius 3 is 2.55 bits per heavy atom. The lowest BCUT2D eigenvalue weighted by Gasteiger charge is -2.24. The average molecular weight is 337 g/mol. The third-order valence-electron chi connectivity index (χ3n) is 2.49. The number of nitrogens with two attached hydrogens (primary N) is 1. The van der Waals surface area contributed by atoms with E-state index in [-0.39, 0.29) is 17.9 Å². The van der Waals surface area contributed by atoms with Gasteiger partial charge in [-0.25, -0.2) is 4.79 Å². The highest BCUT2D eigenvalue weighted by Crippen LogP contribution is 2.29. The van der Waals surface area contributed by atoms with Crippen molar-refractivity contribution < 1.29 is 23.0 Å². The number of benzene rings is 1. The Hall–Kier alpha value is -1.60. The van der Waals surface area contributed by atoms with E-state index in [9.17, 15) is 13.6 Å². The summed E-state index contributed by atoms with van der Waals surface area (Å²) in [5.41, 5.74) is 5.17. The topological polar surface area (TPSA) is 73.6 Å². The van der Waals surface area contributed by atoms with E-state index in [1.54, 1.807) is 20.8 Å². The zero-order valence-electron chi connectivity index (χ0n) is 12.5. The molecule has 1 rings (SSSR count). The maximum Gasteiger partial charge on any atom is 0.408 e. The lowest BCUT2D eigenvalue weighted by Crippen LogP contribution is -2.38. The Kier molecular flexibility index (Phi) is 6.37. The van der Waals surface area contributed by atoms with Gasteiger partial charge < -0.3 is 20.5 Å². The van der Waals surface area contributed by atoms with Crippen LogP contribution in [0.5, 0.6) is 5.75 Å². The molecule has 5 nitrogen and oxygen atoms in total. The average Bonchev–Trinajstić information content (AvgIpc) is 2.35. The number of halogens is 3. The molecule has 1 atom stereocenters. The van der Waals surface area contributed by atoms with E-state index in [0.717, 1.165) is 0 Å². The number of hydrogen-bond donors (Lipinski definition) is 2. The summed E-state index contributed by atoms with van der Waals surface area (Å²) in [7, 11) is 0. The number of carbonyl (C=O) groups excluding carboxylic acids is 1. The van der Waals surface area contributed by atoms with Gasteiger partial charge in [0.05, 0.1) is 6.04 Å². The fourth-order valence-corrected chi connectivity index (χ4v) is 1.89. The van der Waals surface area contributed by atoms with Crippen LogP contribution in [-0.2, 0) is 4.74 Å². The van der Waals surface area contributed by atoms with Crippen molar-refractivity contribution in [2.45, 2.75) is 39.0 Å². The molecule has 3 N–H and O–H groups in total. The molecule has 124 valence electrons. The molecule has 22 heavy (non-hydrogen) atoms. The van der Waals surface area contributed by atoms with Gasteiger partial charge in [0.25, 0.3) is 0 Å². The summed E-state index contributed by atoms with van der Waals surface area (Å²) in [6.45, 7) is 2.07. The summed E-state index contributed by atoms with van der Waals surface area (Å²) in [6.07, 6.45) is -0.717. The highest BCUT2D eigenvalue weighted by atomic mass is 35.5. The van der Waals surface area contributed by atoms with Gasteiger partial charge in [0.1, 0.15) is 11.4 Å². The Balaban J connectivity index is 2.98. The van der Waals surface area contributed by atoms with Crippen LogP contribution in [0.2, 0.25) is 5.02 Å². The van der Waals surface area contributed by atoms with Crippen molar-refractivity contribution in [3.8, 4) is 5.75 Å². The number of ether oxygens (including phenoxy) is 2. The zero-order chi connectivity index (χ0) is 16.9. The molecule has 1 unspecified atom stereocenters. The third kappa shape index (κ3) is 6.03. The largest absolute Gasteiger partial charge is 0.444 e. The van der Waals surface area contributed by atoms with Crippen LogP contribution >= 0.6 is 11.6 Å². The molecule has 0 fully saturated rings. The quantitative estimate of drug-likeness (QED) is 0.863. The van der Waals surface area contributed by atoms with E-state index in [1.165, 1.54) is 18.2 Å². The molecule has 0 heterocycles. The van der Waals surface area contributed by atoms with Crippen molar-refractivity contribution in [1.29, 1.82) is 0 Å². The van der Waals surface area contributed by atoms with Gasteiger partial charge in [0, 0.05) is 17.1 Å². The number of alkyl halides is 2. The monoisotopic (exact) mass is 336 g/mol. The number of nitrogens with one attached hydrogen (secondary N) is 1. The van der Waals surface area contributed by atoms with Crippen molar-refractivity contribution in [2.24, 2.45) is 5.73 Å². The zero-order valence-corrected chi connectivity index (χ0v) is 13.3. The number of amides is 1. The summed E-state index contributed by atoms with van der Waals surface area (Å²) in [4.78, 5) is 11.8. The molecule has 0 aliphatic carbocycles. The van der Waals surface area contributed by atoms with E-state index in [4.69, 9.17) is 22.1 Å². The van der Waals surface area contributed by atoms with E-state index in [0.29, 0.717) is 5.02 Å². The molecule has 0 spiro atoms. The van der Waals surface area contributed by atoms with Crippen LogP contribution in [0.4, 0.5) is 13.6 Å². The second kappa shape index (κ2) is 7.60. The molecule has 0 aliphatic rings. The second-order valence-corrected chi connectivity index (χ2v) is 5.93. The van der Waals surface area contributed by atoms with Crippen molar-refractivity contribution in [3.63, 3.8) is 0 Å². The lowest BCUT2D eigenvalue weighted by atomic mass is 10.1. The van der Waals surface area contributed by atoms with Crippen LogP contribution in [-0.4, -0.2) is 24.9 Å². The summed E-state index contributed by atoms with van der Waals surface area (Å²) in [5.74, 6) is -0.106. The molecule has 0 radical (unpaired) electrons. The van der Waals surface area contributed by atoms with Crippen LogP contribution < -0.4 is 15.8 Å². The maximum atomic E-state index is 12.5. The van der Waals surface area contributed by atoms with E-state index < -0.39 is 24.3 Å². The molecule has 0 aliphatic heterocycles. The molecular formula is C14H19ClF2N2O3. The summed E-state index contributed by atoms with van der Waals surface area (Å²) in [5, 5.41) is 2.82. The normalized spacial score (nSPS) is 12.9. The minimum Gasteiger partial charge on any atom is -0.444 e. The van der Waals surface area contributed by atoms with Gasteiger partial charge in [0.2, 0.25) is 0 Å². The van der Waals surface area contributed by atoms with E-state index in [2.05, 4.69) is 10.1 Å². The summed E-state index contributed by atoms with van der Waals surface area (Å²) < 4.78 is 34.5. The predicted molar refractivity (Wildman–Crippen MR) is 79.2 cm³/mol. The molecule has 8 heteroatoms. The molecule has 1 aromatic carbocycles. The van der Waals surface area contributed by atoms with Gasteiger partial charge in [-0.05, 0) is 39.0 Å². The first-order valence-electron chi connectivity index (χ1n) is 6.56. The molecule has 0 saturated heterocycles. The van der Waals surface area contributed by atoms with Crippen LogP contribution in [0.1, 0.15) is 32.4 Å². The first-order valence-corrected chi connectivity index (χ1v) is 6.94. The highest BCUT2D eigenvalue weighted by molar-refractivity contribution is 6.30. The van der Waals surface area contributed by atoms with Crippen LogP contribution in [0, 0.1) is 0 Å². The van der Waals surface area contributed by atoms with Crippen LogP contribution in [0.25, 0.3) is 0 Å². The summed E-state index contributed by atoms with van der Waals surface area (Å²) in [6, 6.07) is 3.34. The highest BCUT2D eigenvalue weighted by Gasteiger charge is 2.23. The number of carbonyl (C=O) groups is 1. The van der Waals surface area contributed by atoms with Crippen molar-refractivity contribution >= 4 is 17.7 Å². The number of alkyl carbamates (subject to hydrolysis) is 1. The standard InChI is InChI=1S/C14H19ClF2N2O3/c1-14(2,3)22-13(20)19-10(7-18)9-6-8(15)4-5-11(9)21-12(16)17/h4-6,10,12H,7,18H2,1-3H3,(H,19,20). The number of rotatable bonds is 5. The van der Waals surface area contributed by atoms with Crippen molar-refractivity contribution in [2.75, 3.05) is 6.54 Å². The fraction of sp³-hybridized carbons (Fsp3) is 0.500. The molecular weight excluding hydrogens is 318 g/mol. The van der Waals surface area contributed by atoms with Gasteiger partial charge in [-0.1, -0.05) is 11.6 Å². The Bertz CT molecular complexity index is 521. The van der Waals surface area contributed by atoms with Gasteiger partial charge >= 0.3 is 12.7 Å². The minimum absolute atomic E-state index is 0.0425. The summed E-state index contributed by atoms with van der Waals surface area (Å²) >= 11 is 5.87. The molecule has 0 saturated carbocycles. The molecule has 1 aromatic rings. The molecule has 1 amide bonds. The minimum atomic E-state index is -3.00. The van der Waals surface area contributed by atoms with Gasteiger partial charge in [-0.15, -0.1) is 0 Å². The lowest BCUT2D eigenvalue weighted by molar-refractivity contribution is -0.0506. The van der Waals surface area contributed by atoms with Crippen molar-refractivity contribution in [1.82, 2.24) is 5.32 Å². The predicted octanol–water partition coefficient (Wildman–Crippen LogP) is 3.47. The van der Waals surface area contributed by atoms with Crippen LogP contribution in [0.15, 0.2) is 18.2 Å². The van der Waals surface area contributed by atoms with Gasteiger partial charge in [0.15, 0.2) is 0 Å². The van der Waals surface area contributed by atoms with Crippen molar-refractivity contribution in [3.05, 3.63) is 28.8 Å². The maximum absolute atomic E-state index is 12.5. The van der Waals surface area contributed by atoms with E-state index >= 15 is 0 Å². The Morgan fingerprint density at radius 2 is 2.05 bits per heavy atom. The molecule has 0 bridgehead atoms. The third-order valence-corrected chi connectivity index (χ3v) is 2.73. The Morgan fingerprint density at radius 1 is 1.41 bits per heavy atom. The number of hydrogen-bond acceptors (Lipinski definition) is 4. The first kappa shape index (κ1) is 18.4. The smallest absolute Gasteiger partial charge is 0.408 e. The Labute approximate surface area is 132 Å². The molecule has 0 aromatic heterocycles. The first-order chi connectivity index (χ1) is 10.1. The SMILES string of the molecule is CC(C)(C)OC(=O)NC(CN)c1cc(Cl)ccc1OC(F)F. The second-order valence-electron chi connectivity index (χ2n) is 5.50. The van der Waals surface area contributed by atoms with Gasteiger partial charge in [-0.2, -0.15) is 8.78 Å². The van der Waals surface area contributed by atoms with Gasteiger partial charge in [-0.3, -0.25) is 0 Å². The van der Waals surface area contributed by atoms with E-state index in [1.807, 2.05) is 0 Å².